The molecule has 0 bridgehead atoms. The van der Waals surface area contributed by atoms with Crippen molar-refractivity contribution >= 4 is 16.0 Å². The van der Waals surface area contributed by atoms with Crippen molar-refractivity contribution in [3.8, 4) is 0 Å². The number of nitrogens with zero attached hydrogens (tertiary/aromatic N) is 1. The second kappa shape index (κ2) is 8.13. The normalized spacial score (nSPS) is 11.7. The van der Waals surface area contributed by atoms with Crippen LogP contribution < -0.4 is 4.72 Å². The molecule has 0 spiro atoms. The minimum Gasteiger partial charge on any atom is -0.477 e. The van der Waals surface area contributed by atoms with Crippen LogP contribution in [-0.2, 0) is 21.3 Å². The van der Waals surface area contributed by atoms with Gasteiger partial charge in [-0.1, -0.05) is 6.92 Å². The van der Waals surface area contributed by atoms with E-state index in [1.807, 2.05) is 6.92 Å². The third-order valence-electron chi connectivity index (χ3n) is 2.64. The maximum absolute atomic E-state index is 12.0. The Morgan fingerprint density at radius 3 is 2.71 bits per heavy atom. The van der Waals surface area contributed by atoms with Crippen molar-refractivity contribution < 1.29 is 28.2 Å². The summed E-state index contributed by atoms with van der Waals surface area (Å²) >= 11 is 0. The summed E-state index contributed by atoms with van der Waals surface area (Å²) in [7, 11) is -3.78. The summed E-state index contributed by atoms with van der Waals surface area (Å²) in [5.74, 6) is -1.17. The smallest absolute Gasteiger partial charge is 0.352 e. The van der Waals surface area contributed by atoms with E-state index in [-0.39, 0.29) is 37.0 Å². The predicted octanol–water partition coefficient (Wildman–Crippen LogP) is -0.116. The average Bonchev–Trinajstić information content (AvgIpc) is 2.84. The number of aliphatic hydroxyl groups is 1. The summed E-state index contributed by atoms with van der Waals surface area (Å²) in [6, 6.07) is 1.13. The Hall–Kier alpha value is -1.42. The first kappa shape index (κ1) is 17.6. The number of carboxylic acid groups (broad SMARTS) is 1. The molecular weight excluding hydrogens is 300 g/mol. The van der Waals surface area contributed by atoms with Crippen molar-refractivity contribution in [2.45, 2.75) is 24.8 Å². The van der Waals surface area contributed by atoms with E-state index in [0.29, 0.717) is 13.0 Å². The summed E-state index contributed by atoms with van der Waals surface area (Å²) in [4.78, 5) is 11.0. The molecule has 0 fully saturated rings. The zero-order valence-corrected chi connectivity index (χ0v) is 12.6. The third-order valence-corrected chi connectivity index (χ3v) is 4.07. The van der Waals surface area contributed by atoms with Gasteiger partial charge in [0.1, 0.15) is 10.6 Å². The summed E-state index contributed by atoms with van der Waals surface area (Å²) in [6.07, 6.45) is 2.00. The maximum atomic E-state index is 12.0. The molecule has 0 unspecified atom stereocenters. The predicted molar refractivity (Wildman–Crippen MR) is 74.8 cm³/mol. The van der Waals surface area contributed by atoms with Crippen molar-refractivity contribution in [3.05, 3.63) is 18.0 Å². The zero-order valence-electron chi connectivity index (χ0n) is 11.8. The number of hydrogen-bond donors (Lipinski definition) is 3. The van der Waals surface area contributed by atoms with Gasteiger partial charge < -0.3 is 19.5 Å². The average molecular weight is 320 g/mol. The molecule has 0 aliphatic rings. The molecule has 1 rings (SSSR count). The third kappa shape index (κ3) is 5.12. The van der Waals surface area contributed by atoms with Gasteiger partial charge in [-0.3, -0.25) is 0 Å². The molecule has 1 aromatic heterocycles. The lowest BCUT2D eigenvalue weighted by atomic mass is 10.4. The van der Waals surface area contributed by atoms with Gasteiger partial charge in [-0.15, -0.1) is 0 Å². The minimum atomic E-state index is -3.78. The first-order chi connectivity index (χ1) is 9.92. The van der Waals surface area contributed by atoms with Gasteiger partial charge in [-0.05, 0) is 12.5 Å². The van der Waals surface area contributed by atoms with Gasteiger partial charge in [0.05, 0.1) is 19.8 Å². The second-order valence-corrected chi connectivity index (χ2v) is 6.06. The highest BCUT2D eigenvalue weighted by atomic mass is 32.2. The molecule has 0 saturated carbocycles. The van der Waals surface area contributed by atoms with E-state index in [1.165, 1.54) is 10.8 Å². The highest BCUT2D eigenvalue weighted by molar-refractivity contribution is 7.89. The van der Waals surface area contributed by atoms with Crippen LogP contribution in [0.25, 0.3) is 0 Å². The van der Waals surface area contributed by atoms with Crippen LogP contribution in [0.1, 0.15) is 23.8 Å². The Morgan fingerprint density at radius 1 is 1.43 bits per heavy atom. The molecule has 0 radical (unpaired) electrons. The molecule has 0 aliphatic heterocycles. The first-order valence-corrected chi connectivity index (χ1v) is 8.02. The van der Waals surface area contributed by atoms with E-state index < -0.39 is 16.0 Å². The van der Waals surface area contributed by atoms with Crippen LogP contribution in [-0.4, -0.2) is 55.5 Å². The summed E-state index contributed by atoms with van der Waals surface area (Å²) in [5, 5.41) is 17.6. The van der Waals surface area contributed by atoms with Crippen LogP contribution in [0.4, 0.5) is 0 Å². The fourth-order valence-electron chi connectivity index (χ4n) is 1.73. The summed E-state index contributed by atoms with van der Waals surface area (Å²) in [5.41, 5.74) is -0.0613. The fraction of sp³-hybridized carbons (Fsp3) is 0.583. The van der Waals surface area contributed by atoms with Crippen molar-refractivity contribution in [2.24, 2.45) is 0 Å². The number of carbonyl (C=O) groups is 1. The summed E-state index contributed by atoms with van der Waals surface area (Å²) < 4.78 is 32.7. The van der Waals surface area contributed by atoms with Gasteiger partial charge in [0.15, 0.2) is 0 Å². The monoisotopic (exact) mass is 320 g/mol. The standard InChI is InChI=1S/C12H20N2O6S/c1-2-4-14-9-10(8-11(14)12(16)17)21(18,19)13-3-6-20-7-5-15/h8-9,13,15H,2-7H2,1H3,(H,16,17). The number of rotatable bonds is 10. The number of aliphatic hydroxyl groups excluding tert-OH is 1. The number of aromatic carboxylic acids is 1. The van der Waals surface area contributed by atoms with Crippen molar-refractivity contribution in [1.29, 1.82) is 0 Å². The lowest BCUT2D eigenvalue weighted by Gasteiger charge is -2.05. The van der Waals surface area contributed by atoms with E-state index in [9.17, 15) is 13.2 Å². The van der Waals surface area contributed by atoms with Gasteiger partial charge >= 0.3 is 5.97 Å². The van der Waals surface area contributed by atoms with E-state index in [1.54, 1.807) is 0 Å². The van der Waals surface area contributed by atoms with Crippen LogP contribution in [0.15, 0.2) is 17.2 Å². The number of carboxylic acids is 1. The SMILES string of the molecule is CCCn1cc(S(=O)(=O)NCCOCCO)cc1C(=O)O. The van der Waals surface area contributed by atoms with Gasteiger partial charge in [-0.25, -0.2) is 17.9 Å². The minimum absolute atomic E-state index is 0.0453. The van der Waals surface area contributed by atoms with E-state index in [0.717, 1.165) is 6.07 Å². The number of aryl methyl sites for hydroxylation is 1. The zero-order chi connectivity index (χ0) is 15.9. The topological polar surface area (TPSA) is 118 Å². The van der Waals surface area contributed by atoms with Crippen LogP contribution in [0, 0.1) is 0 Å². The molecule has 1 aromatic rings. The van der Waals surface area contributed by atoms with Crippen molar-refractivity contribution in [3.63, 3.8) is 0 Å². The Balaban J connectivity index is 2.78. The Kier molecular flexibility index (Phi) is 6.82. The molecule has 9 heteroatoms. The molecule has 0 saturated heterocycles. The van der Waals surface area contributed by atoms with Gasteiger partial charge in [-0.2, -0.15) is 0 Å². The molecule has 8 nitrogen and oxygen atoms in total. The van der Waals surface area contributed by atoms with Crippen LogP contribution >= 0.6 is 0 Å². The largest absolute Gasteiger partial charge is 0.477 e. The van der Waals surface area contributed by atoms with Crippen LogP contribution in [0.5, 0.6) is 0 Å². The van der Waals surface area contributed by atoms with Crippen molar-refractivity contribution in [1.82, 2.24) is 9.29 Å². The van der Waals surface area contributed by atoms with E-state index in [4.69, 9.17) is 14.9 Å². The molecule has 120 valence electrons. The molecule has 1 heterocycles. The van der Waals surface area contributed by atoms with Gasteiger partial charge in [0, 0.05) is 19.3 Å². The number of hydrogen-bond acceptors (Lipinski definition) is 5. The van der Waals surface area contributed by atoms with Crippen LogP contribution in [0.3, 0.4) is 0 Å². The Labute approximate surface area is 123 Å². The number of sulfonamides is 1. The molecule has 3 N–H and O–H groups in total. The highest BCUT2D eigenvalue weighted by Crippen LogP contribution is 2.15. The first-order valence-electron chi connectivity index (χ1n) is 6.54. The van der Waals surface area contributed by atoms with Gasteiger partial charge in [0.2, 0.25) is 10.0 Å². The lowest BCUT2D eigenvalue weighted by Crippen LogP contribution is -2.27. The quantitative estimate of drug-likeness (QED) is 0.517. The molecule has 0 amide bonds. The fourth-order valence-corrected chi connectivity index (χ4v) is 2.79. The second-order valence-electron chi connectivity index (χ2n) is 4.29. The summed E-state index contributed by atoms with van der Waals surface area (Å²) in [6.45, 7) is 2.48. The molecular formula is C12H20N2O6S. The Morgan fingerprint density at radius 2 is 2.14 bits per heavy atom. The number of ether oxygens (including phenoxy) is 1. The molecule has 0 aromatic carbocycles. The maximum Gasteiger partial charge on any atom is 0.352 e. The Bertz CT molecular complexity index is 566. The van der Waals surface area contributed by atoms with Crippen molar-refractivity contribution in [2.75, 3.05) is 26.4 Å². The molecule has 21 heavy (non-hydrogen) atoms. The number of nitrogens with one attached hydrogen (secondary N) is 1. The van der Waals surface area contributed by atoms with E-state index >= 15 is 0 Å². The molecule has 0 atom stereocenters. The molecule has 0 aliphatic carbocycles. The number of aromatic nitrogens is 1. The van der Waals surface area contributed by atoms with E-state index in [2.05, 4.69) is 4.72 Å². The lowest BCUT2D eigenvalue weighted by molar-refractivity contribution is 0.0685. The van der Waals surface area contributed by atoms with Crippen LogP contribution in [0.2, 0.25) is 0 Å². The highest BCUT2D eigenvalue weighted by Gasteiger charge is 2.20. The van der Waals surface area contributed by atoms with Gasteiger partial charge in [0.25, 0.3) is 0 Å².